The van der Waals surface area contributed by atoms with E-state index in [-0.39, 0.29) is 23.0 Å². The Morgan fingerprint density at radius 1 is 1.19 bits per heavy atom. The lowest BCUT2D eigenvalue weighted by atomic mass is 10.0. The van der Waals surface area contributed by atoms with Crippen LogP contribution >= 0.6 is 0 Å². The van der Waals surface area contributed by atoms with Crippen LogP contribution in [0.2, 0.25) is 0 Å². The zero-order valence-electron chi connectivity index (χ0n) is 13.3. The molecule has 1 aromatic carbocycles. The van der Waals surface area contributed by atoms with Crippen molar-refractivity contribution in [3.8, 4) is 0 Å². The molecule has 0 unspecified atom stereocenters. The fourth-order valence-electron chi connectivity index (χ4n) is 2.37. The van der Waals surface area contributed by atoms with Crippen molar-refractivity contribution in [3.05, 3.63) is 48.0 Å². The van der Waals surface area contributed by atoms with Crippen LogP contribution in [0, 0.1) is 0 Å². The molecule has 0 aromatic heterocycles. The lowest BCUT2D eigenvalue weighted by molar-refractivity contribution is -1.10. The predicted molar refractivity (Wildman–Crippen MR) is 81.8 cm³/mol. The Bertz CT molecular complexity index is 456. The summed E-state index contributed by atoms with van der Waals surface area (Å²) in [4.78, 5) is 17.2. The predicted octanol–water partition coefficient (Wildman–Crippen LogP) is 0.644. The first-order valence-electron chi connectivity index (χ1n) is 7.39. The lowest BCUT2D eigenvalue weighted by Crippen LogP contribution is -3.00. The maximum Gasteiger partial charge on any atom is 0.389 e. The quantitative estimate of drug-likeness (QED) is 0.388. The Labute approximate surface area is 138 Å². The van der Waals surface area contributed by atoms with Crippen molar-refractivity contribution < 1.29 is 31.3 Å². The maximum atomic E-state index is 11.6. The first-order valence-corrected chi connectivity index (χ1v) is 7.39. The van der Waals surface area contributed by atoms with Crippen LogP contribution in [0.3, 0.4) is 0 Å². The molecule has 0 aliphatic carbocycles. The van der Waals surface area contributed by atoms with Crippen LogP contribution in [0.4, 0.5) is 0 Å². The van der Waals surface area contributed by atoms with Gasteiger partial charge in [-0.3, -0.25) is 4.84 Å². The van der Waals surface area contributed by atoms with E-state index in [9.17, 15) is 4.79 Å². The first-order chi connectivity index (χ1) is 9.60. The number of carbonyl (C=O) groups is 1. The zero-order chi connectivity index (χ0) is 15.0. The van der Waals surface area contributed by atoms with Crippen LogP contribution in [0.5, 0.6) is 0 Å². The minimum Gasteiger partial charge on any atom is -1.00 e. The monoisotopic (exact) mass is 355 g/mol. The minimum atomic E-state index is -0.360. The van der Waals surface area contributed by atoms with Gasteiger partial charge in [-0.1, -0.05) is 44.2 Å². The summed E-state index contributed by atoms with van der Waals surface area (Å²) in [7, 11) is 0. The molecule has 0 spiro atoms. The topological polar surface area (TPSA) is 26.3 Å². The standard InChI is InChI=1S/C17H26NO2.BrH/c1-5-11-15-12-9-10-13-16(15)14-18(7-3,8-4)20-17(19)6-2;/h6,9-10,12-13H,2,5,7-8,11,14H2,1,3-4H3;1H/q+1;/p-1. The molecule has 0 fully saturated rings. The number of aryl methyl sites for hydroxylation is 1. The van der Waals surface area contributed by atoms with E-state index in [4.69, 9.17) is 4.84 Å². The second-order valence-corrected chi connectivity index (χ2v) is 4.98. The van der Waals surface area contributed by atoms with Crippen molar-refractivity contribution in [2.24, 2.45) is 0 Å². The SMILES string of the molecule is C=CC(=O)O[N+](CC)(CC)Cc1ccccc1CCC.[Br-]. The van der Waals surface area contributed by atoms with Gasteiger partial charge < -0.3 is 17.0 Å². The normalized spacial score (nSPS) is 10.6. The summed E-state index contributed by atoms with van der Waals surface area (Å²) < 4.78 is 0.311. The fourth-order valence-corrected chi connectivity index (χ4v) is 2.37. The van der Waals surface area contributed by atoms with E-state index in [2.05, 4.69) is 31.7 Å². The van der Waals surface area contributed by atoms with Gasteiger partial charge in [-0.25, -0.2) is 4.79 Å². The van der Waals surface area contributed by atoms with Gasteiger partial charge in [0.1, 0.15) is 19.6 Å². The molecule has 0 aliphatic heterocycles. The van der Waals surface area contributed by atoms with Crippen molar-refractivity contribution in [1.82, 2.24) is 0 Å². The minimum absolute atomic E-state index is 0. The second kappa shape index (κ2) is 9.74. The van der Waals surface area contributed by atoms with E-state index < -0.39 is 0 Å². The Balaban J connectivity index is 0.00000400. The van der Waals surface area contributed by atoms with Gasteiger partial charge in [-0.15, -0.1) is 4.65 Å². The smallest absolute Gasteiger partial charge is 0.389 e. The van der Waals surface area contributed by atoms with Crippen molar-refractivity contribution in [1.29, 1.82) is 0 Å². The third-order valence-corrected chi connectivity index (χ3v) is 3.70. The lowest BCUT2D eigenvalue weighted by Gasteiger charge is -2.32. The van der Waals surface area contributed by atoms with Crippen LogP contribution in [-0.2, 0) is 22.6 Å². The van der Waals surface area contributed by atoms with Crippen LogP contribution in [-0.4, -0.2) is 23.7 Å². The summed E-state index contributed by atoms with van der Waals surface area (Å²) >= 11 is 0. The van der Waals surface area contributed by atoms with Crippen LogP contribution in [0.15, 0.2) is 36.9 Å². The molecule has 1 aromatic rings. The fraction of sp³-hybridized carbons (Fsp3) is 0.471. The Hall–Kier alpha value is -1.13. The molecular formula is C17H26BrNO2. The van der Waals surface area contributed by atoms with Gasteiger partial charge >= 0.3 is 5.97 Å². The summed E-state index contributed by atoms with van der Waals surface area (Å²) in [6.07, 6.45) is 3.40. The second-order valence-electron chi connectivity index (χ2n) is 4.98. The Kier molecular flexibility index (Phi) is 9.22. The molecule has 21 heavy (non-hydrogen) atoms. The summed E-state index contributed by atoms with van der Waals surface area (Å²) in [5, 5.41) is 0. The number of hydrogen-bond donors (Lipinski definition) is 0. The molecule has 0 radical (unpaired) electrons. The number of quaternary nitrogens is 1. The molecule has 0 saturated carbocycles. The first kappa shape index (κ1) is 19.9. The van der Waals surface area contributed by atoms with Crippen LogP contribution < -0.4 is 17.0 Å². The zero-order valence-corrected chi connectivity index (χ0v) is 14.9. The van der Waals surface area contributed by atoms with Gasteiger partial charge in [0.2, 0.25) is 0 Å². The summed E-state index contributed by atoms with van der Waals surface area (Å²) in [6.45, 7) is 12.0. The highest BCUT2D eigenvalue weighted by atomic mass is 79.9. The molecule has 0 saturated heterocycles. The van der Waals surface area contributed by atoms with E-state index in [1.54, 1.807) is 0 Å². The maximum absolute atomic E-state index is 11.6. The molecule has 118 valence electrons. The van der Waals surface area contributed by atoms with Crippen molar-refractivity contribution in [2.45, 2.75) is 40.2 Å². The summed E-state index contributed by atoms with van der Waals surface area (Å²) in [5.74, 6) is -0.360. The van der Waals surface area contributed by atoms with Gasteiger partial charge in [0, 0.05) is 11.6 Å². The highest BCUT2D eigenvalue weighted by Gasteiger charge is 2.30. The molecule has 0 atom stereocenters. The van der Waals surface area contributed by atoms with Gasteiger partial charge in [0.15, 0.2) is 0 Å². The van der Waals surface area contributed by atoms with Crippen molar-refractivity contribution in [3.63, 3.8) is 0 Å². The molecule has 0 aliphatic rings. The number of hydroxylamine groups is 3. The summed E-state index contributed by atoms with van der Waals surface area (Å²) in [5.41, 5.74) is 2.60. The highest BCUT2D eigenvalue weighted by molar-refractivity contribution is 5.80. The number of benzene rings is 1. The third kappa shape index (κ3) is 5.64. The average Bonchev–Trinajstić information content (AvgIpc) is 2.48. The number of nitrogens with zero attached hydrogens (tertiary/aromatic N) is 1. The van der Waals surface area contributed by atoms with Crippen molar-refractivity contribution >= 4 is 5.97 Å². The van der Waals surface area contributed by atoms with E-state index in [0.717, 1.165) is 25.9 Å². The molecule has 0 heterocycles. The molecular weight excluding hydrogens is 330 g/mol. The van der Waals surface area contributed by atoms with Gasteiger partial charge in [0.25, 0.3) is 0 Å². The van der Waals surface area contributed by atoms with Gasteiger partial charge in [-0.05, 0) is 25.8 Å². The summed E-state index contributed by atoms with van der Waals surface area (Å²) in [6, 6.07) is 8.40. The highest BCUT2D eigenvalue weighted by Crippen LogP contribution is 2.20. The largest absolute Gasteiger partial charge is 1.00 e. The molecule has 0 bridgehead atoms. The van der Waals surface area contributed by atoms with E-state index in [0.29, 0.717) is 11.2 Å². The van der Waals surface area contributed by atoms with E-state index in [1.807, 2.05) is 19.9 Å². The molecule has 1 rings (SSSR count). The van der Waals surface area contributed by atoms with Crippen LogP contribution in [0.1, 0.15) is 38.3 Å². The van der Waals surface area contributed by atoms with Gasteiger partial charge in [-0.2, -0.15) is 0 Å². The van der Waals surface area contributed by atoms with Crippen LogP contribution in [0.25, 0.3) is 0 Å². The number of carbonyl (C=O) groups excluding carboxylic acids is 1. The number of hydrogen-bond acceptors (Lipinski definition) is 2. The average molecular weight is 356 g/mol. The Morgan fingerprint density at radius 2 is 1.76 bits per heavy atom. The molecule has 3 nitrogen and oxygen atoms in total. The van der Waals surface area contributed by atoms with E-state index >= 15 is 0 Å². The number of rotatable bonds is 8. The van der Waals surface area contributed by atoms with Gasteiger partial charge in [0.05, 0.1) is 0 Å². The van der Waals surface area contributed by atoms with E-state index in [1.165, 1.54) is 17.2 Å². The molecule has 0 N–H and O–H groups in total. The number of halogens is 1. The third-order valence-electron chi connectivity index (χ3n) is 3.70. The Morgan fingerprint density at radius 3 is 2.24 bits per heavy atom. The molecule has 4 heteroatoms. The van der Waals surface area contributed by atoms with Crippen molar-refractivity contribution in [2.75, 3.05) is 13.1 Å². The molecule has 0 amide bonds.